The maximum Gasteiger partial charge on any atom is 0.251 e. The zero-order chi connectivity index (χ0) is 22.5. The Kier molecular flexibility index (Phi) is 5.97. The van der Waals surface area contributed by atoms with Crippen molar-refractivity contribution in [2.24, 2.45) is 0 Å². The van der Waals surface area contributed by atoms with E-state index in [2.05, 4.69) is 15.3 Å². The summed E-state index contributed by atoms with van der Waals surface area (Å²) in [5.41, 5.74) is 4.12. The fraction of sp³-hybridized carbons (Fsp3) is 0.148. The lowest BCUT2D eigenvalue weighted by Crippen LogP contribution is -2.29. The van der Waals surface area contributed by atoms with Crippen LogP contribution in [-0.4, -0.2) is 20.4 Å². The Labute approximate surface area is 191 Å². The molecule has 1 atom stereocenters. The number of imidazole rings is 1. The quantitative estimate of drug-likeness (QED) is 0.364. The summed E-state index contributed by atoms with van der Waals surface area (Å²) >= 11 is 0. The molecule has 0 spiro atoms. The first kappa shape index (κ1) is 20.7. The lowest BCUT2D eigenvalue weighted by Gasteiger charge is -2.19. The number of hydrogen-bond acceptors (Lipinski definition) is 4. The van der Waals surface area contributed by atoms with E-state index < -0.39 is 0 Å². The average molecular weight is 437 g/mol. The van der Waals surface area contributed by atoms with Gasteiger partial charge in [0.25, 0.3) is 5.91 Å². The minimum Gasteiger partial charge on any atom is -0.440 e. The molecule has 164 valence electrons. The molecule has 2 aromatic heterocycles. The standard InChI is InChI=1S/C27H24N4O2/c32-27(30-23(21-9-5-2-6-10-21)13-15-31-16-14-28-19-31)22-11-12-25-24(18-22)29-26(33-25)17-20-7-3-1-4-8-20/h1-12,14,16,18-19,23H,13,15,17H2,(H,30,32). The summed E-state index contributed by atoms with van der Waals surface area (Å²) in [6.07, 6.45) is 6.83. The molecule has 5 aromatic rings. The molecule has 1 N–H and O–H groups in total. The van der Waals surface area contributed by atoms with Crippen LogP contribution < -0.4 is 5.32 Å². The van der Waals surface area contributed by atoms with Gasteiger partial charge in [0.05, 0.1) is 12.4 Å². The minimum absolute atomic E-state index is 0.122. The SMILES string of the molecule is O=C(NC(CCn1ccnc1)c1ccccc1)c1ccc2oc(Cc3ccccc3)nc2c1. The number of amides is 1. The lowest BCUT2D eigenvalue weighted by molar-refractivity contribution is 0.0933. The second-order valence-corrected chi connectivity index (χ2v) is 7.98. The van der Waals surface area contributed by atoms with E-state index in [9.17, 15) is 4.79 Å². The third-order valence-electron chi connectivity index (χ3n) is 5.63. The molecule has 5 rings (SSSR count). The van der Waals surface area contributed by atoms with Crippen LogP contribution in [0.25, 0.3) is 11.1 Å². The van der Waals surface area contributed by atoms with Gasteiger partial charge in [0.1, 0.15) is 5.52 Å². The Bertz CT molecular complexity index is 1330. The molecular formula is C27H24N4O2. The number of carbonyl (C=O) groups is 1. The molecule has 0 radical (unpaired) electrons. The number of aryl methyl sites for hydroxylation is 1. The number of oxazole rings is 1. The number of carbonyl (C=O) groups excluding carboxylic acids is 1. The smallest absolute Gasteiger partial charge is 0.251 e. The van der Waals surface area contributed by atoms with Crippen molar-refractivity contribution in [2.75, 3.05) is 0 Å². The maximum atomic E-state index is 13.1. The molecule has 1 unspecified atom stereocenters. The van der Waals surface area contributed by atoms with Crippen LogP contribution in [0.3, 0.4) is 0 Å². The number of nitrogens with zero attached hydrogens (tertiary/aromatic N) is 3. The normalized spacial score (nSPS) is 12.0. The van der Waals surface area contributed by atoms with E-state index in [4.69, 9.17) is 4.42 Å². The van der Waals surface area contributed by atoms with Gasteiger partial charge in [0.2, 0.25) is 0 Å². The highest BCUT2D eigenvalue weighted by Crippen LogP contribution is 2.22. The minimum atomic E-state index is -0.135. The van der Waals surface area contributed by atoms with Crippen molar-refractivity contribution in [3.8, 4) is 0 Å². The van der Waals surface area contributed by atoms with Gasteiger partial charge in [0, 0.05) is 30.9 Å². The van der Waals surface area contributed by atoms with E-state index in [1.54, 1.807) is 24.7 Å². The first-order valence-electron chi connectivity index (χ1n) is 11.0. The van der Waals surface area contributed by atoms with Crippen molar-refractivity contribution in [1.29, 1.82) is 0 Å². The van der Waals surface area contributed by atoms with Crippen LogP contribution in [0.4, 0.5) is 0 Å². The number of rotatable bonds is 8. The van der Waals surface area contributed by atoms with Gasteiger partial charge in [-0.15, -0.1) is 0 Å². The molecule has 0 aliphatic heterocycles. The van der Waals surface area contributed by atoms with E-state index >= 15 is 0 Å². The van der Waals surface area contributed by atoms with Gasteiger partial charge in [-0.2, -0.15) is 0 Å². The number of benzene rings is 3. The van der Waals surface area contributed by atoms with Crippen LogP contribution in [0.15, 0.2) is 102 Å². The summed E-state index contributed by atoms with van der Waals surface area (Å²) in [6, 6.07) is 25.4. The average Bonchev–Trinajstić information content (AvgIpc) is 3.51. The van der Waals surface area contributed by atoms with E-state index in [0.29, 0.717) is 29.0 Å². The first-order chi connectivity index (χ1) is 16.2. The van der Waals surface area contributed by atoms with Gasteiger partial charge in [-0.1, -0.05) is 60.7 Å². The molecule has 2 heterocycles. The zero-order valence-electron chi connectivity index (χ0n) is 18.1. The van der Waals surface area contributed by atoms with Crippen LogP contribution in [0.5, 0.6) is 0 Å². The van der Waals surface area contributed by atoms with Crippen LogP contribution in [-0.2, 0) is 13.0 Å². The van der Waals surface area contributed by atoms with Crippen molar-refractivity contribution in [2.45, 2.75) is 25.4 Å². The van der Waals surface area contributed by atoms with Crippen LogP contribution in [0.1, 0.15) is 39.8 Å². The predicted octanol–water partition coefficient (Wildman–Crippen LogP) is 5.18. The molecule has 0 aliphatic carbocycles. The summed E-state index contributed by atoms with van der Waals surface area (Å²) in [5, 5.41) is 3.19. The van der Waals surface area contributed by atoms with Crippen molar-refractivity contribution in [3.05, 3.63) is 120 Å². The monoisotopic (exact) mass is 436 g/mol. The number of fused-ring (bicyclic) bond motifs is 1. The first-order valence-corrected chi connectivity index (χ1v) is 11.0. The molecule has 3 aromatic carbocycles. The summed E-state index contributed by atoms with van der Waals surface area (Å²) in [4.78, 5) is 21.8. The van der Waals surface area contributed by atoms with Crippen LogP contribution in [0.2, 0.25) is 0 Å². The fourth-order valence-electron chi connectivity index (χ4n) is 3.91. The van der Waals surface area contributed by atoms with E-state index in [0.717, 1.165) is 24.1 Å². The van der Waals surface area contributed by atoms with E-state index in [1.807, 2.05) is 77.5 Å². The Morgan fingerprint density at radius 3 is 2.55 bits per heavy atom. The highest BCUT2D eigenvalue weighted by Gasteiger charge is 2.17. The number of hydrogen-bond donors (Lipinski definition) is 1. The maximum absolute atomic E-state index is 13.1. The van der Waals surface area contributed by atoms with Crippen molar-refractivity contribution < 1.29 is 9.21 Å². The molecule has 0 saturated heterocycles. The van der Waals surface area contributed by atoms with Gasteiger partial charge in [-0.25, -0.2) is 9.97 Å². The summed E-state index contributed by atoms with van der Waals surface area (Å²) in [5.74, 6) is 0.500. The fourth-order valence-corrected chi connectivity index (χ4v) is 3.91. The molecule has 0 fully saturated rings. The Balaban J connectivity index is 1.33. The van der Waals surface area contributed by atoms with Gasteiger partial charge in [-0.05, 0) is 35.7 Å². The Hall–Kier alpha value is -4.19. The van der Waals surface area contributed by atoms with Crippen molar-refractivity contribution >= 4 is 17.0 Å². The molecule has 6 nitrogen and oxygen atoms in total. The summed E-state index contributed by atoms with van der Waals surface area (Å²) in [7, 11) is 0. The molecular weight excluding hydrogens is 412 g/mol. The Morgan fingerprint density at radius 1 is 1.00 bits per heavy atom. The van der Waals surface area contributed by atoms with Gasteiger partial charge in [-0.3, -0.25) is 4.79 Å². The predicted molar refractivity (Wildman–Crippen MR) is 127 cm³/mol. The molecule has 6 heteroatoms. The number of nitrogens with one attached hydrogen (secondary N) is 1. The molecule has 0 aliphatic rings. The highest BCUT2D eigenvalue weighted by molar-refractivity contribution is 5.97. The molecule has 1 amide bonds. The second-order valence-electron chi connectivity index (χ2n) is 7.98. The van der Waals surface area contributed by atoms with Gasteiger partial charge >= 0.3 is 0 Å². The van der Waals surface area contributed by atoms with E-state index in [1.165, 1.54) is 0 Å². The van der Waals surface area contributed by atoms with E-state index in [-0.39, 0.29) is 11.9 Å². The molecule has 33 heavy (non-hydrogen) atoms. The lowest BCUT2D eigenvalue weighted by atomic mass is 10.0. The second kappa shape index (κ2) is 9.53. The van der Waals surface area contributed by atoms with Crippen molar-refractivity contribution in [1.82, 2.24) is 19.9 Å². The highest BCUT2D eigenvalue weighted by atomic mass is 16.3. The zero-order valence-corrected chi connectivity index (χ0v) is 18.1. The van der Waals surface area contributed by atoms with Crippen molar-refractivity contribution in [3.63, 3.8) is 0 Å². The third-order valence-corrected chi connectivity index (χ3v) is 5.63. The van der Waals surface area contributed by atoms with Crippen LogP contribution >= 0.6 is 0 Å². The summed E-state index contributed by atoms with van der Waals surface area (Å²) < 4.78 is 7.90. The Morgan fingerprint density at radius 2 is 1.79 bits per heavy atom. The van der Waals surface area contributed by atoms with Gasteiger partial charge < -0.3 is 14.3 Å². The largest absolute Gasteiger partial charge is 0.440 e. The number of aromatic nitrogens is 3. The van der Waals surface area contributed by atoms with Crippen LogP contribution in [0, 0.1) is 0 Å². The van der Waals surface area contributed by atoms with Gasteiger partial charge in [0.15, 0.2) is 11.5 Å². The molecule has 0 saturated carbocycles. The topological polar surface area (TPSA) is 73.0 Å². The molecule has 0 bridgehead atoms. The summed E-state index contributed by atoms with van der Waals surface area (Å²) in [6.45, 7) is 0.755. The third kappa shape index (κ3) is 5.01.